The third-order valence-electron chi connectivity index (χ3n) is 2.97. The van der Waals surface area contributed by atoms with Gasteiger partial charge in [0.2, 0.25) is 0 Å². The fourth-order valence-corrected chi connectivity index (χ4v) is 2.00. The maximum absolute atomic E-state index is 10.8. The molecule has 1 heteroatoms. The summed E-state index contributed by atoms with van der Waals surface area (Å²) in [6.45, 7) is 2.13. The highest BCUT2D eigenvalue weighted by Crippen LogP contribution is 2.23. The Labute approximate surface area is 108 Å². The van der Waals surface area contributed by atoms with Crippen LogP contribution < -0.4 is 0 Å². The zero-order chi connectivity index (χ0) is 12.8. The Balaban J connectivity index is 2.49. The van der Waals surface area contributed by atoms with Gasteiger partial charge in [-0.3, -0.25) is 4.79 Å². The highest BCUT2D eigenvalue weighted by molar-refractivity contribution is 5.89. The van der Waals surface area contributed by atoms with E-state index in [0.717, 1.165) is 29.4 Å². The third kappa shape index (κ3) is 2.75. The van der Waals surface area contributed by atoms with Crippen LogP contribution in [0.1, 0.15) is 23.6 Å². The molecule has 0 bridgehead atoms. The zero-order valence-corrected chi connectivity index (χ0v) is 10.5. The van der Waals surface area contributed by atoms with Crippen molar-refractivity contribution in [2.24, 2.45) is 0 Å². The number of allylic oxidation sites excluding steroid dienone is 1. The van der Waals surface area contributed by atoms with E-state index in [0.29, 0.717) is 0 Å². The number of benzene rings is 2. The minimum atomic E-state index is 0.848. The van der Waals surface area contributed by atoms with Gasteiger partial charge in [-0.05, 0) is 34.8 Å². The lowest BCUT2D eigenvalue weighted by atomic mass is 9.96. The molecule has 0 saturated heterocycles. The molecule has 0 saturated carbocycles. The molecule has 0 aromatic heterocycles. The van der Waals surface area contributed by atoms with Gasteiger partial charge in [-0.25, -0.2) is 0 Å². The van der Waals surface area contributed by atoms with Crippen LogP contribution in [0.4, 0.5) is 0 Å². The van der Waals surface area contributed by atoms with Gasteiger partial charge in [0, 0.05) is 0 Å². The lowest BCUT2D eigenvalue weighted by Gasteiger charge is -2.08. The van der Waals surface area contributed by atoms with Crippen LogP contribution in [0.15, 0.2) is 60.7 Å². The Morgan fingerprint density at radius 1 is 1.00 bits per heavy atom. The summed E-state index contributed by atoms with van der Waals surface area (Å²) in [7, 11) is 0. The molecular formula is C17H16O. The molecule has 0 aliphatic heterocycles. The summed E-state index contributed by atoms with van der Waals surface area (Å²) in [5.74, 6) is 0. The lowest BCUT2D eigenvalue weighted by Crippen LogP contribution is -1.90. The van der Waals surface area contributed by atoms with E-state index in [1.54, 1.807) is 6.08 Å². The van der Waals surface area contributed by atoms with Crippen molar-refractivity contribution in [3.63, 3.8) is 0 Å². The van der Waals surface area contributed by atoms with Crippen LogP contribution in [0.5, 0.6) is 0 Å². The molecule has 0 unspecified atom stereocenters. The summed E-state index contributed by atoms with van der Waals surface area (Å²) in [6, 6.07) is 18.3. The number of hydrogen-bond acceptors (Lipinski definition) is 1. The minimum absolute atomic E-state index is 0.848. The topological polar surface area (TPSA) is 17.1 Å². The van der Waals surface area contributed by atoms with Gasteiger partial charge in [-0.15, -0.1) is 0 Å². The van der Waals surface area contributed by atoms with E-state index in [1.165, 1.54) is 5.56 Å². The number of carbonyl (C=O) groups excluding carboxylic acids is 1. The van der Waals surface area contributed by atoms with Gasteiger partial charge in [-0.2, -0.15) is 0 Å². The molecule has 18 heavy (non-hydrogen) atoms. The molecule has 90 valence electrons. The SMILES string of the molecule is CCc1cccc(C(=CC=O)c2ccccc2)c1. The summed E-state index contributed by atoms with van der Waals surface area (Å²) >= 11 is 0. The van der Waals surface area contributed by atoms with E-state index in [-0.39, 0.29) is 0 Å². The predicted octanol–water partition coefficient (Wildman–Crippen LogP) is 3.88. The van der Waals surface area contributed by atoms with Crippen molar-refractivity contribution in [2.75, 3.05) is 0 Å². The first-order valence-electron chi connectivity index (χ1n) is 6.15. The molecule has 0 amide bonds. The molecule has 1 nitrogen and oxygen atoms in total. The van der Waals surface area contributed by atoms with Crippen molar-refractivity contribution in [1.82, 2.24) is 0 Å². The Kier molecular flexibility index (Phi) is 4.08. The van der Waals surface area contributed by atoms with Crippen molar-refractivity contribution in [3.05, 3.63) is 77.4 Å². The van der Waals surface area contributed by atoms with E-state index < -0.39 is 0 Å². The van der Waals surface area contributed by atoms with Gasteiger partial charge in [0.15, 0.2) is 0 Å². The highest BCUT2D eigenvalue weighted by Gasteiger charge is 2.04. The van der Waals surface area contributed by atoms with Crippen molar-refractivity contribution in [2.45, 2.75) is 13.3 Å². The summed E-state index contributed by atoms with van der Waals surface area (Å²) in [6.07, 6.45) is 3.47. The van der Waals surface area contributed by atoms with Crippen molar-refractivity contribution in [1.29, 1.82) is 0 Å². The van der Waals surface area contributed by atoms with Crippen molar-refractivity contribution in [3.8, 4) is 0 Å². The van der Waals surface area contributed by atoms with E-state index in [2.05, 4.69) is 19.1 Å². The molecule has 0 N–H and O–H groups in total. The van der Waals surface area contributed by atoms with E-state index >= 15 is 0 Å². The van der Waals surface area contributed by atoms with Crippen LogP contribution in [0, 0.1) is 0 Å². The first kappa shape index (κ1) is 12.3. The predicted molar refractivity (Wildman–Crippen MR) is 75.4 cm³/mol. The number of rotatable bonds is 4. The van der Waals surface area contributed by atoms with Crippen LogP contribution in [-0.4, -0.2) is 6.29 Å². The smallest absolute Gasteiger partial charge is 0.143 e. The van der Waals surface area contributed by atoms with Gasteiger partial charge < -0.3 is 0 Å². The first-order chi connectivity index (χ1) is 8.85. The maximum Gasteiger partial charge on any atom is 0.143 e. The Morgan fingerprint density at radius 3 is 2.39 bits per heavy atom. The van der Waals surface area contributed by atoms with Gasteiger partial charge in [0.1, 0.15) is 6.29 Å². The number of aryl methyl sites for hydroxylation is 1. The molecule has 0 atom stereocenters. The molecule has 2 aromatic carbocycles. The fraction of sp³-hybridized carbons (Fsp3) is 0.118. The maximum atomic E-state index is 10.8. The molecular weight excluding hydrogens is 220 g/mol. The average Bonchev–Trinajstić information content (AvgIpc) is 2.46. The molecule has 0 heterocycles. The van der Waals surface area contributed by atoms with E-state index in [4.69, 9.17) is 0 Å². The van der Waals surface area contributed by atoms with Crippen LogP contribution in [0.3, 0.4) is 0 Å². The number of hydrogen-bond donors (Lipinski definition) is 0. The standard InChI is InChI=1S/C17H16O/c1-2-14-7-6-10-16(13-14)17(11-12-18)15-8-4-3-5-9-15/h3-13H,2H2,1H3. The molecule has 0 radical (unpaired) electrons. The molecule has 0 aliphatic rings. The largest absolute Gasteiger partial charge is 0.299 e. The van der Waals surface area contributed by atoms with Crippen molar-refractivity contribution >= 4 is 11.9 Å². The second-order valence-electron chi connectivity index (χ2n) is 4.14. The third-order valence-corrected chi connectivity index (χ3v) is 2.97. The van der Waals surface area contributed by atoms with Gasteiger partial charge in [0.05, 0.1) is 0 Å². The average molecular weight is 236 g/mol. The van der Waals surface area contributed by atoms with Crippen LogP contribution in [-0.2, 0) is 11.2 Å². The zero-order valence-electron chi connectivity index (χ0n) is 10.5. The highest BCUT2D eigenvalue weighted by atomic mass is 16.1. The van der Waals surface area contributed by atoms with Crippen LogP contribution >= 0.6 is 0 Å². The summed E-state index contributed by atoms with van der Waals surface area (Å²) in [5.41, 5.74) is 4.41. The normalized spacial score (nSPS) is 11.3. The summed E-state index contributed by atoms with van der Waals surface area (Å²) in [5, 5.41) is 0. The van der Waals surface area contributed by atoms with Gasteiger partial charge in [0.25, 0.3) is 0 Å². The molecule has 0 spiro atoms. The number of aldehydes is 1. The molecule has 2 rings (SSSR count). The second-order valence-corrected chi connectivity index (χ2v) is 4.14. The Hall–Kier alpha value is -2.15. The lowest BCUT2D eigenvalue weighted by molar-refractivity contribution is -0.104. The minimum Gasteiger partial charge on any atom is -0.299 e. The Bertz CT molecular complexity index is 553. The van der Waals surface area contributed by atoms with Gasteiger partial charge >= 0.3 is 0 Å². The summed E-state index contributed by atoms with van der Waals surface area (Å²) in [4.78, 5) is 10.8. The van der Waals surface area contributed by atoms with E-state index in [1.807, 2.05) is 42.5 Å². The van der Waals surface area contributed by atoms with Crippen LogP contribution in [0.25, 0.3) is 5.57 Å². The fourth-order valence-electron chi connectivity index (χ4n) is 2.00. The second kappa shape index (κ2) is 5.97. The molecule has 2 aromatic rings. The molecule has 0 fully saturated rings. The van der Waals surface area contributed by atoms with Gasteiger partial charge in [-0.1, -0.05) is 61.5 Å². The quantitative estimate of drug-likeness (QED) is 0.581. The first-order valence-corrected chi connectivity index (χ1v) is 6.15. The number of carbonyl (C=O) groups is 1. The Morgan fingerprint density at radius 2 is 1.72 bits per heavy atom. The van der Waals surface area contributed by atoms with Crippen molar-refractivity contribution < 1.29 is 4.79 Å². The van der Waals surface area contributed by atoms with E-state index in [9.17, 15) is 4.79 Å². The molecule has 0 aliphatic carbocycles. The van der Waals surface area contributed by atoms with Crippen LogP contribution in [0.2, 0.25) is 0 Å². The monoisotopic (exact) mass is 236 g/mol. The summed E-state index contributed by atoms with van der Waals surface area (Å²) < 4.78 is 0.